The molecule has 1 aliphatic heterocycles. The van der Waals surface area contributed by atoms with E-state index < -0.39 is 17.5 Å². The third-order valence-corrected chi connectivity index (χ3v) is 6.13. The number of fused-ring (bicyclic) bond motifs is 1. The van der Waals surface area contributed by atoms with E-state index in [0.717, 1.165) is 21.9 Å². The molecule has 0 saturated carbocycles. The fourth-order valence-electron chi connectivity index (χ4n) is 2.90. The molecule has 0 atom stereocenters. The first-order valence-corrected chi connectivity index (χ1v) is 10.2. The molecule has 8 heteroatoms. The number of carbonyl (C=O) groups is 2. The molecule has 4 rings (SSSR count). The van der Waals surface area contributed by atoms with Crippen molar-refractivity contribution < 1.29 is 18.4 Å². The molecule has 142 valence electrons. The third-order valence-electron chi connectivity index (χ3n) is 4.20. The monoisotopic (exact) mass is 416 g/mol. The molecule has 0 fully saturated rings. The second-order valence-corrected chi connectivity index (χ2v) is 8.16. The normalized spacial score (nSPS) is 13.0. The molecule has 2 heterocycles. The predicted molar refractivity (Wildman–Crippen MR) is 107 cm³/mol. The van der Waals surface area contributed by atoms with E-state index in [1.165, 1.54) is 34.1 Å². The van der Waals surface area contributed by atoms with Crippen molar-refractivity contribution in [2.75, 3.05) is 16.0 Å². The number of benzene rings is 2. The number of nitrogens with zero attached hydrogens (tertiary/aromatic N) is 1. The van der Waals surface area contributed by atoms with Crippen LogP contribution in [-0.2, 0) is 11.3 Å². The molecule has 4 nitrogen and oxygen atoms in total. The van der Waals surface area contributed by atoms with Gasteiger partial charge in [0.1, 0.15) is 11.6 Å². The molecular weight excluding hydrogens is 402 g/mol. The number of halogens is 2. The van der Waals surface area contributed by atoms with Crippen molar-refractivity contribution in [1.29, 1.82) is 0 Å². The standard InChI is InChI=1S/C20H14F2N2O2S2/c21-13-4-5-17(15(22)9-13)24(10-14-2-1-7-27-14)20(26)12-3-6-18-16(8-12)23-19(25)11-28-18/h1-9H,10-11H2,(H,23,25). The lowest BCUT2D eigenvalue weighted by molar-refractivity contribution is -0.113. The lowest BCUT2D eigenvalue weighted by Crippen LogP contribution is -2.31. The molecule has 3 aromatic rings. The SMILES string of the molecule is O=C1CSc2ccc(C(=O)N(Cc3cccs3)c3ccc(F)cc3F)cc2N1. The summed E-state index contributed by atoms with van der Waals surface area (Å²) in [4.78, 5) is 27.9. The van der Waals surface area contributed by atoms with Crippen LogP contribution in [0.5, 0.6) is 0 Å². The molecule has 0 saturated heterocycles. The lowest BCUT2D eigenvalue weighted by Gasteiger charge is -2.24. The van der Waals surface area contributed by atoms with Crippen LogP contribution >= 0.6 is 23.1 Å². The van der Waals surface area contributed by atoms with Gasteiger partial charge in [0, 0.05) is 21.4 Å². The van der Waals surface area contributed by atoms with Crippen LogP contribution in [-0.4, -0.2) is 17.6 Å². The van der Waals surface area contributed by atoms with Crippen molar-refractivity contribution in [2.45, 2.75) is 11.4 Å². The number of carbonyl (C=O) groups excluding carboxylic acids is 2. The quantitative estimate of drug-likeness (QED) is 0.657. The first kappa shape index (κ1) is 18.6. The summed E-state index contributed by atoms with van der Waals surface area (Å²) in [5.41, 5.74) is 0.862. The Morgan fingerprint density at radius 3 is 2.75 bits per heavy atom. The van der Waals surface area contributed by atoms with Crippen LogP contribution in [0.4, 0.5) is 20.2 Å². The van der Waals surface area contributed by atoms with Crippen molar-refractivity contribution in [3.8, 4) is 0 Å². The van der Waals surface area contributed by atoms with E-state index in [1.54, 1.807) is 18.2 Å². The summed E-state index contributed by atoms with van der Waals surface area (Å²) in [5.74, 6) is -1.77. The number of nitrogens with one attached hydrogen (secondary N) is 1. The summed E-state index contributed by atoms with van der Waals surface area (Å²) in [5, 5.41) is 4.61. The molecular formula is C20H14F2N2O2S2. The molecule has 0 unspecified atom stereocenters. The second kappa shape index (κ2) is 7.73. The minimum atomic E-state index is -0.813. The van der Waals surface area contributed by atoms with E-state index in [0.29, 0.717) is 17.0 Å². The summed E-state index contributed by atoms with van der Waals surface area (Å²) < 4.78 is 27.8. The maximum absolute atomic E-state index is 14.4. The summed E-state index contributed by atoms with van der Waals surface area (Å²) in [6.45, 7) is 0.150. The Balaban J connectivity index is 1.72. The maximum atomic E-state index is 14.4. The molecule has 1 aromatic heterocycles. The highest BCUT2D eigenvalue weighted by Gasteiger charge is 2.24. The Morgan fingerprint density at radius 2 is 2.00 bits per heavy atom. The van der Waals surface area contributed by atoms with Gasteiger partial charge in [0.05, 0.1) is 23.7 Å². The van der Waals surface area contributed by atoms with Gasteiger partial charge in [-0.1, -0.05) is 6.07 Å². The van der Waals surface area contributed by atoms with Gasteiger partial charge < -0.3 is 10.2 Å². The fourth-order valence-corrected chi connectivity index (χ4v) is 4.38. The minimum absolute atomic E-state index is 0.00377. The summed E-state index contributed by atoms with van der Waals surface area (Å²) in [6, 6.07) is 11.8. The number of rotatable bonds is 4. The Labute approximate surface area is 168 Å². The van der Waals surface area contributed by atoms with Gasteiger partial charge in [-0.3, -0.25) is 9.59 Å². The van der Waals surface area contributed by atoms with Gasteiger partial charge in [-0.25, -0.2) is 8.78 Å². The Hall–Kier alpha value is -2.71. The average Bonchev–Trinajstić information content (AvgIpc) is 3.19. The van der Waals surface area contributed by atoms with E-state index in [1.807, 2.05) is 17.5 Å². The smallest absolute Gasteiger partial charge is 0.258 e. The highest BCUT2D eigenvalue weighted by molar-refractivity contribution is 8.00. The molecule has 28 heavy (non-hydrogen) atoms. The van der Waals surface area contributed by atoms with Gasteiger partial charge >= 0.3 is 0 Å². The average molecular weight is 416 g/mol. The van der Waals surface area contributed by atoms with Gasteiger partial charge in [0.15, 0.2) is 0 Å². The van der Waals surface area contributed by atoms with Gasteiger partial charge in [0.2, 0.25) is 5.91 Å². The van der Waals surface area contributed by atoms with Crippen LogP contribution in [0.2, 0.25) is 0 Å². The third kappa shape index (κ3) is 3.79. The topological polar surface area (TPSA) is 49.4 Å². The summed E-state index contributed by atoms with van der Waals surface area (Å²) >= 11 is 2.83. The number of thiophene rings is 1. The van der Waals surface area contributed by atoms with Crippen molar-refractivity contribution in [3.63, 3.8) is 0 Å². The number of anilines is 2. The van der Waals surface area contributed by atoms with Gasteiger partial charge in [-0.15, -0.1) is 23.1 Å². The summed E-state index contributed by atoms with van der Waals surface area (Å²) in [7, 11) is 0. The van der Waals surface area contributed by atoms with Crippen LogP contribution in [0.3, 0.4) is 0 Å². The predicted octanol–water partition coefficient (Wildman–Crippen LogP) is 4.92. The minimum Gasteiger partial charge on any atom is -0.324 e. The molecule has 0 radical (unpaired) electrons. The van der Waals surface area contributed by atoms with Gasteiger partial charge in [-0.05, 0) is 41.8 Å². The van der Waals surface area contributed by atoms with Crippen molar-refractivity contribution in [3.05, 3.63) is 76.0 Å². The number of thioether (sulfide) groups is 1. The highest BCUT2D eigenvalue weighted by atomic mass is 32.2. The molecule has 0 aliphatic carbocycles. The van der Waals surface area contributed by atoms with Gasteiger partial charge in [-0.2, -0.15) is 0 Å². The Kier molecular flexibility index (Phi) is 5.15. The second-order valence-electron chi connectivity index (χ2n) is 6.11. The van der Waals surface area contributed by atoms with Crippen molar-refractivity contribution >= 4 is 46.3 Å². The number of hydrogen-bond donors (Lipinski definition) is 1. The number of amides is 2. The van der Waals surface area contributed by atoms with Crippen LogP contribution in [0.1, 0.15) is 15.2 Å². The highest BCUT2D eigenvalue weighted by Crippen LogP contribution is 2.33. The zero-order valence-electron chi connectivity index (χ0n) is 14.4. The largest absolute Gasteiger partial charge is 0.324 e. The molecule has 0 spiro atoms. The summed E-state index contributed by atoms with van der Waals surface area (Å²) in [6.07, 6.45) is 0. The molecule has 2 aromatic carbocycles. The van der Waals surface area contributed by atoms with Crippen LogP contribution in [0.15, 0.2) is 58.8 Å². The first-order valence-electron chi connectivity index (χ1n) is 8.37. The van der Waals surface area contributed by atoms with Crippen LogP contribution in [0.25, 0.3) is 0 Å². The zero-order valence-corrected chi connectivity index (χ0v) is 16.1. The van der Waals surface area contributed by atoms with Crippen LogP contribution < -0.4 is 10.2 Å². The van der Waals surface area contributed by atoms with Crippen molar-refractivity contribution in [2.24, 2.45) is 0 Å². The van der Waals surface area contributed by atoms with Crippen LogP contribution in [0, 0.1) is 11.6 Å². The lowest BCUT2D eigenvalue weighted by atomic mass is 10.1. The van der Waals surface area contributed by atoms with Crippen molar-refractivity contribution in [1.82, 2.24) is 0 Å². The molecule has 1 N–H and O–H groups in total. The fraction of sp³-hybridized carbons (Fsp3) is 0.100. The van der Waals surface area contributed by atoms with E-state index >= 15 is 0 Å². The van der Waals surface area contributed by atoms with E-state index in [9.17, 15) is 18.4 Å². The number of hydrogen-bond acceptors (Lipinski definition) is 4. The van der Waals surface area contributed by atoms with E-state index in [-0.39, 0.29) is 18.1 Å². The molecule has 2 amide bonds. The van der Waals surface area contributed by atoms with Gasteiger partial charge in [0.25, 0.3) is 5.91 Å². The first-order chi connectivity index (χ1) is 13.5. The maximum Gasteiger partial charge on any atom is 0.258 e. The Bertz CT molecular complexity index is 1050. The molecule has 0 bridgehead atoms. The van der Waals surface area contributed by atoms with E-state index in [2.05, 4.69) is 5.32 Å². The zero-order chi connectivity index (χ0) is 19.7. The van der Waals surface area contributed by atoms with E-state index in [4.69, 9.17) is 0 Å². The molecule has 1 aliphatic rings. The Morgan fingerprint density at radius 1 is 1.14 bits per heavy atom.